The fraction of sp³-hybridized carbons (Fsp3) is 0.286. The van der Waals surface area contributed by atoms with Crippen LogP contribution in [0.4, 0.5) is 0 Å². The number of rotatable bonds is 1. The molecule has 1 N–H and O–H groups in total. The lowest BCUT2D eigenvalue weighted by Gasteiger charge is -1.99. The van der Waals surface area contributed by atoms with Crippen LogP contribution in [0, 0.1) is 6.92 Å². The molecule has 0 saturated heterocycles. The van der Waals surface area contributed by atoms with Gasteiger partial charge in [0.05, 0.1) is 7.11 Å². The van der Waals surface area contributed by atoms with Crippen molar-refractivity contribution in [2.75, 3.05) is 7.11 Å². The van der Waals surface area contributed by atoms with Crippen molar-refractivity contribution in [2.24, 2.45) is 0 Å². The molecular formula is C7H8N2O3. The summed E-state index contributed by atoms with van der Waals surface area (Å²) in [6.45, 7) is 1.65. The summed E-state index contributed by atoms with van der Waals surface area (Å²) in [6.07, 6.45) is 0. The van der Waals surface area contributed by atoms with Crippen molar-refractivity contribution >= 4 is 5.97 Å². The predicted octanol–water partition coefficient (Wildman–Crippen LogP) is 0.277. The molecule has 0 amide bonds. The number of aryl methyl sites for hydroxylation is 1. The van der Waals surface area contributed by atoms with Gasteiger partial charge >= 0.3 is 12.0 Å². The van der Waals surface area contributed by atoms with Gasteiger partial charge in [-0.25, -0.2) is 9.78 Å². The minimum absolute atomic E-state index is 0.0579. The summed E-state index contributed by atoms with van der Waals surface area (Å²) < 4.78 is 4.41. The second-order valence-electron chi connectivity index (χ2n) is 2.19. The Bertz CT molecular complexity index is 291. The first kappa shape index (κ1) is 8.45. The van der Waals surface area contributed by atoms with E-state index in [1.54, 1.807) is 6.92 Å². The molecule has 0 bridgehead atoms. The zero-order valence-electron chi connectivity index (χ0n) is 6.74. The number of ether oxygens (including phenoxy) is 1. The number of aromatic nitrogens is 2. The lowest BCUT2D eigenvalue weighted by molar-refractivity contribution is 0.0592. The Hall–Kier alpha value is -1.65. The van der Waals surface area contributed by atoms with Gasteiger partial charge < -0.3 is 9.84 Å². The van der Waals surface area contributed by atoms with E-state index in [1.807, 2.05) is 0 Å². The van der Waals surface area contributed by atoms with Crippen molar-refractivity contribution in [3.8, 4) is 6.01 Å². The summed E-state index contributed by atoms with van der Waals surface area (Å²) in [5.41, 5.74) is 0.574. The highest BCUT2D eigenvalue weighted by Crippen LogP contribution is 2.05. The SMILES string of the molecule is COC(=O)c1cc(C)nc(O)n1. The minimum Gasteiger partial charge on any atom is -0.479 e. The Balaban J connectivity index is 3.08. The van der Waals surface area contributed by atoms with Crippen LogP contribution >= 0.6 is 0 Å². The van der Waals surface area contributed by atoms with Crippen molar-refractivity contribution in [2.45, 2.75) is 6.92 Å². The normalized spacial score (nSPS) is 9.50. The Kier molecular flexibility index (Phi) is 2.23. The predicted molar refractivity (Wildman–Crippen MR) is 39.8 cm³/mol. The summed E-state index contributed by atoms with van der Waals surface area (Å²) in [6, 6.07) is 1.02. The van der Waals surface area contributed by atoms with Crippen molar-refractivity contribution in [3.05, 3.63) is 17.5 Å². The highest BCUT2D eigenvalue weighted by atomic mass is 16.5. The standard InChI is InChI=1S/C7H8N2O3/c1-4-3-5(6(10)12-2)9-7(11)8-4/h3H,1-2H3,(H,8,9,11). The third kappa shape index (κ3) is 1.69. The van der Waals surface area contributed by atoms with Gasteiger partial charge in [-0.1, -0.05) is 0 Å². The molecule has 5 heteroatoms. The van der Waals surface area contributed by atoms with Crippen LogP contribution in [-0.4, -0.2) is 28.2 Å². The third-order valence-corrected chi connectivity index (χ3v) is 1.24. The van der Waals surface area contributed by atoms with Crippen LogP contribution in [-0.2, 0) is 4.74 Å². The molecule has 64 valence electrons. The van der Waals surface area contributed by atoms with Crippen LogP contribution in [0.5, 0.6) is 6.01 Å². The number of carbonyl (C=O) groups excluding carboxylic acids is 1. The largest absolute Gasteiger partial charge is 0.479 e. The second kappa shape index (κ2) is 3.17. The van der Waals surface area contributed by atoms with Gasteiger partial charge in [0.15, 0.2) is 5.69 Å². The molecule has 0 aliphatic carbocycles. The molecule has 0 aromatic carbocycles. The number of aromatic hydroxyl groups is 1. The van der Waals surface area contributed by atoms with E-state index in [4.69, 9.17) is 5.11 Å². The highest BCUT2D eigenvalue weighted by Gasteiger charge is 2.09. The Morgan fingerprint density at radius 1 is 1.58 bits per heavy atom. The topological polar surface area (TPSA) is 72.3 Å². The fourth-order valence-electron chi connectivity index (χ4n) is 0.762. The van der Waals surface area contributed by atoms with Crippen molar-refractivity contribution in [3.63, 3.8) is 0 Å². The monoisotopic (exact) mass is 168 g/mol. The number of hydrogen-bond acceptors (Lipinski definition) is 5. The van der Waals surface area contributed by atoms with E-state index >= 15 is 0 Å². The van der Waals surface area contributed by atoms with Crippen LogP contribution < -0.4 is 0 Å². The highest BCUT2D eigenvalue weighted by molar-refractivity contribution is 5.87. The molecule has 0 fully saturated rings. The molecular weight excluding hydrogens is 160 g/mol. The lowest BCUT2D eigenvalue weighted by atomic mass is 10.3. The van der Waals surface area contributed by atoms with Crippen LogP contribution in [0.25, 0.3) is 0 Å². The molecule has 12 heavy (non-hydrogen) atoms. The number of carbonyl (C=O) groups is 1. The molecule has 0 radical (unpaired) electrons. The lowest BCUT2D eigenvalue weighted by Crippen LogP contribution is -2.05. The molecule has 0 unspecified atom stereocenters. The van der Waals surface area contributed by atoms with E-state index in [2.05, 4.69) is 14.7 Å². The summed E-state index contributed by atoms with van der Waals surface area (Å²) in [5, 5.41) is 8.91. The van der Waals surface area contributed by atoms with Crippen molar-refractivity contribution in [1.82, 2.24) is 9.97 Å². The molecule has 0 atom stereocenters. The van der Waals surface area contributed by atoms with Crippen molar-refractivity contribution < 1.29 is 14.6 Å². The molecule has 0 spiro atoms. The van der Waals surface area contributed by atoms with E-state index in [0.29, 0.717) is 5.69 Å². The summed E-state index contributed by atoms with van der Waals surface area (Å²) in [7, 11) is 1.25. The number of esters is 1. The van der Waals surface area contributed by atoms with Crippen LogP contribution in [0.1, 0.15) is 16.2 Å². The second-order valence-corrected chi connectivity index (χ2v) is 2.19. The summed E-state index contributed by atoms with van der Waals surface area (Å²) in [4.78, 5) is 18.0. The van der Waals surface area contributed by atoms with Gasteiger partial charge in [-0.3, -0.25) is 0 Å². The Labute approximate surface area is 69.0 Å². The van der Waals surface area contributed by atoms with E-state index in [0.717, 1.165) is 0 Å². The molecule has 0 aliphatic heterocycles. The molecule has 1 aromatic heterocycles. The number of nitrogens with zero attached hydrogens (tertiary/aromatic N) is 2. The Morgan fingerprint density at radius 3 is 2.75 bits per heavy atom. The zero-order chi connectivity index (χ0) is 9.14. The molecule has 0 aliphatic rings. The van der Waals surface area contributed by atoms with Gasteiger partial charge in [-0.05, 0) is 13.0 Å². The van der Waals surface area contributed by atoms with E-state index in [1.165, 1.54) is 13.2 Å². The van der Waals surface area contributed by atoms with Crippen LogP contribution in [0.15, 0.2) is 6.07 Å². The van der Waals surface area contributed by atoms with Gasteiger partial charge in [0.25, 0.3) is 0 Å². The zero-order valence-corrected chi connectivity index (χ0v) is 6.74. The van der Waals surface area contributed by atoms with Gasteiger partial charge in [0.2, 0.25) is 0 Å². The van der Waals surface area contributed by atoms with Gasteiger partial charge in [0.1, 0.15) is 0 Å². The van der Waals surface area contributed by atoms with Crippen LogP contribution in [0.2, 0.25) is 0 Å². The maximum atomic E-state index is 10.9. The fourth-order valence-corrected chi connectivity index (χ4v) is 0.762. The third-order valence-electron chi connectivity index (χ3n) is 1.24. The number of hydrogen-bond donors (Lipinski definition) is 1. The quantitative estimate of drug-likeness (QED) is 0.609. The Morgan fingerprint density at radius 2 is 2.25 bits per heavy atom. The first-order valence-corrected chi connectivity index (χ1v) is 3.26. The first-order chi connectivity index (χ1) is 5.63. The minimum atomic E-state index is -0.587. The molecule has 5 nitrogen and oxygen atoms in total. The maximum absolute atomic E-state index is 10.9. The first-order valence-electron chi connectivity index (χ1n) is 3.26. The summed E-state index contributed by atoms with van der Waals surface area (Å²) >= 11 is 0. The van der Waals surface area contributed by atoms with Gasteiger partial charge in [0, 0.05) is 5.69 Å². The van der Waals surface area contributed by atoms with Crippen LogP contribution in [0.3, 0.4) is 0 Å². The molecule has 1 rings (SSSR count). The number of methoxy groups -OCH3 is 1. The van der Waals surface area contributed by atoms with E-state index in [-0.39, 0.29) is 5.69 Å². The molecule has 0 saturated carbocycles. The molecule has 1 aromatic rings. The van der Waals surface area contributed by atoms with E-state index < -0.39 is 12.0 Å². The maximum Gasteiger partial charge on any atom is 0.356 e. The smallest absolute Gasteiger partial charge is 0.356 e. The average molecular weight is 168 g/mol. The summed E-state index contributed by atoms with van der Waals surface area (Å²) in [5.74, 6) is -0.587. The average Bonchev–Trinajstić information content (AvgIpc) is 2.01. The molecule has 1 heterocycles. The van der Waals surface area contributed by atoms with Gasteiger partial charge in [-0.2, -0.15) is 4.98 Å². The van der Waals surface area contributed by atoms with Crippen molar-refractivity contribution in [1.29, 1.82) is 0 Å². The van der Waals surface area contributed by atoms with Gasteiger partial charge in [-0.15, -0.1) is 0 Å². The van der Waals surface area contributed by atoms with E-state index in [9.17, 15) is 4.79 Å².